The lowest BCUT2D eigenvalue weighted by atomic mass is 9.81. The highest BCUT2D eigenvalue weighted by atomic mass is 32.2. The second-order valence-electron chi connectivity index (χ2n) is 21.6. The van der Waals surface area contributed by atoms with Gasteiger partial charge in [-0.3, -0.25) is 0 Å². The van der Waals surface area contributed by atoms with Crippen LogP contribution in [-0.4, -0.2) is 53.7 Å². The molecule has 0 unspecified atom stereocenters. The average Bonchev–Trinajstić information content (AvgIpc) is 3.47. The maximum atomic E-state index is 14.5. The van der Waals surface area contributed by atoms with Crippen LogP contribution >= 0.6 is 0 Å². The molecule has 6 nitrogen and oxygen atoms in total. The second kappa shape index (κ2) is 18.3. The normalized spacial score (nSPS) is 43.2. The Hall–Kier alpha value is -0.150. The number of sulfone groups is 3. The Balaban J connectivity index is 0.993. The van der Waals surface area contributed by atoms with Crippen LogP contribution in [0.3, 0.4) is 0 Å². The van der Waals surface area contributed by atoms with Crippen LogP contribution in [-0.2, 0) is 29.5 Å². The monoisotopic (exact) mass is 853 g/mol. The lowest BCUT2D eigenvalue weighted by Crippen LogP contribution is -2.43. The highest BCUT2D eigenvalue weighted by Crippen LogP contribution is 2.59. The van der Waals surface area contributed by atoms with E-state index < -0.39 is 58.0 Å². The molecule has 0 saturated carbocycles. The van der Waals surface area contributed by atoms with Crippen LogP contribution in [0.2, 0.25) is 0 Å². The molecule has 0 aromatic rings. The van der Waals surface area contributed by atoms with Gasteiger partial charge in [0.05, 0.1) is 28.5 Å². The van der Waals surface area contributed by atoms with Gasteiger partial charge < -0.3 is 0 Å². The van der Waals surface area contributed by atoms with Gasteiger partial charge in [-0.25, -0.2) is 25.3 Å². The topological polar surface area (TPSA) is 102 Å². The van der Waals surface area contributed by atoms with Gasteiger partial charge in [-0.2, -0.15) is 0 Å². The van der Waals surface area contributed by atoms with Gasteiger partial charge in [0.2, 0.25) is 0 Å². The molecular weight excluding hydrogens is 769 g/mol. The third kappa shape index (κ3) is 8.16. The fraction of sp³-hybridized carbons (Fsp3) is 1.00. The summed E-state index contributed by atoms with van der Waals surface area (Å²) in [6, 6.07) is 0. The first kappa shape index (κ1) is 44.9. The van der Waals surface area contributed by atoms with E-state index in [0.29, 0.717) is 0 Å². The Morgan fingerprint density at radius 2 is 0.263 bits per heavy atom. The van der Waals surface area contributed by atoms with Crippen molar-refractivity contribution in [1.29, 1.82) is 0 Å². The molecule has 7 rings (SSSR count). The highest BCUT2D eigenvalue weighted by molar-refractivity contribution is 7.95. The summed E-state index contributed by atoms with van der Waals surface area (Å²) in [6.45, 7) is 0. The van der Waals surface area contributed by atoms with Gasteiger partial charge in [-0.1, -0.05) is 154 Å². The van der Waals surface area contributed by atoms with E-state index in [2.05, 4.69) is 0 Å². The van der Waals surface area contributed by atoms with Crippen LogP contribution in [0.15, 0.2) is 0 Å². The maximum absolute atomic E-state index is 14.5. The molecule has 7 aliphatic heterocycles. The molecule has 57 heavy (non-hydrogen) atoms. The molecule has 0 aliphatic carbocycles. The van der Waals surface area contributed by atoms with Crippen molar-refractivity contribution in [3.8, 4) is 0 Å². The molecule has 0 N–H and O–H groups in total. The van der Waals surface area contributed by atoms with E-state index in [9.17, 15) is 25.3 Å². The molecule has 7 saturated heterocycles. The SMILES string of the molecule is O=S1(=O)[C@@]23CCCCCCCC[C@]45CCCC[C@](CCCCCCCC[C@@]67CCCC[C@@](CCCCCCCC[C@@]1(CCCC2)CC3)(CC6)S7(=O)=O)(CC4)S5(=O)=O. The van der Waals surface area contributed by atoms with Gasteiger partial charge >= 0.3 is 0 Å². The minimum atomic E-state index is -3.19. The van der Waals surface area contributed by atoms with Gasteiger partial charge in [-0.05, 0) is 116 Å². The number of rotatable bonds is 0. The molecule has 0 aromatic heterocycles. The first-order valence-corrected chi connectivity index (χ1v) is 29.5. The van der Waals surface area contributed by atoms with Crippen molar-refractivity contribution in [1.82, 2.24) is 0 Å². The largest absolute Gasteiger partial charge is 0.228 e. The van der Waals surface area contributed by atoms with Gasteiger partial charge in [0.15, 0.2) is 29.5 Å². The number of hydrogen-bond donors (Lipinski definition) is 0. The van der Waals surface area contributed by atoms with Crippen molar-refractivity contribution in [3.63, 3.8) is 0 Å². The van der Waals surface area contributed by atoms with Crippen LogP contribution in [0.5, 0.6) is 0 Å². The van der Waals surface area contributed by atoms with Gasteiger partial charge in [0, 0.05) is 0 Å². The predicted octanol–water partition coefficient (Wildman–Crippen LogP) is 13.1. The second-order valence-corrected chi connectivity index (χ2v) is 29.8. The Morgan fingerprint density at radius 1 is 0.158 bits per heavy atom. The zero-order chi connectivity index (χ0) is 40.2. The summed E-state index contributed by atoms with van der Waals surface area (Å²) in [5.74, 6) is 0. The van der Waals surface area contributed by atoms with Crippen molar-refractivity contribution in [2.24, 2.45) is 0 Å². The molecule has 7 heterocycles. The molecule has 0 amide bonds. The first-order valence-electron chi connectivity index (χ1n) is 25.1. The molecular formula is C48H84O6S3. The van der Waals surface area contributed by atoms with Gasteiger partial charge in [0.25, 0.3) is 0 Å². The lowest BCUT2D eigenvalue weighted by molar-refractivity contribution is 0.360. The van der Waals surface area contributed by atoms with Crippen molar-refractivity contribution in [2.45, 2.75) is 298 Å². The molecule has 0 radical (unpaired) electrons. The lowest BCUT2D eigenvalue weighted by Gasteiger charge is -2.32. The summed E-state index contributed by atoms with van der Waals surface area (Å²) >= 11 is 0. The maximum Gasteiger partial charge on any atom is 0.161 e. The fourth-order valence-corrected chi connectivity index (χ4v) is 24.8. The van der Waals surface area contributed by atoms with Crippen LogP contribution in [0.4, 0.5) is 0 Å². The molecule has 7 fully saturated rings. The van der Waals surface area contributed by atoms with E-state index in [-0.39, 0.29) is 0 Å². The molecule has 330 valence electrons. The fourth-order valence-electron chi connectivity index (χ4n) is 14.9. The summed E-state index contributed by atoms with van der Waals surface area (Å²) in [5, 5.41) is 0. The van der Waals surface area contributed by atoms with E-state index in [1.54, 1.807) is 0 Å². The van der Waals surface area contributed by atoms with E-state index in [1.165, 1.54) is 0 Å². The Labute approximate surface area is 351 Å². The van der Waals surface area contributed by atoms with E-state index >= 15 is 0 Å². The van der Waals surface area contributed by atoms with Crippen molar-refractivity contribution < 1.29 is 25.3 Å². The third-order valence-electron chi connectivity index (χ3n) is 18.6. The smallest absolute Gasteiger partial charge is 0.161 e. The van der Waals surface area contributed by atoms with Crippen molar-refractivity contribution >= 4 is 29.5 Å². The third-order valence-corrected chi connectivity index (χ3v) is 29.1. The molecule has 6 atom stereocenters. The standard InChI is InChI=1S/C48H84O6S3/c49-55(50)43-25-13-7-1-2-8-14-26-44-32-21-22-34-46(40-39-44,56(44,51)52)28-16-10-5-6-12-18-30-48-36-24-23-35-47(41-42-48,57(48,53)54)29-17-11-4-3-9-15-27-45(55,38-37-43)33-20-19-31-43/h1-42H2/t43-,44-,45+,46+,47-,48+. The van der Waals surface area contributed by atoms with Crippen molar-refractivity contribution in [2.75, 3.05) is 0 Å². The summed E-state index contributed by atoms with van der Waals surface area (Å²) in [7, 11) is -9.57. The van der Waals surface area contributed by atoms with Crippen LogP contribution in [0, 0.1) is 0 Å². The first-order chi connectivity index (χ1) is 27.4. The van der Waals surface area contributed by atoms with Crippen LogP contribution in [0.25, 0.3) is 0 Å². The van der Waals surface area contributed by atoms with E-state index in [1.807, 2.05) is 0 Å². The molecule has 7 aliphatic rings. The van der Waals surface area contributed by atoms with E-state index in [0.717, 1.165) is 270 Å². The molecule has 6 bridgehead atoms. The Kier molecular flexibility index (Phi) is 14.4. The van der Waals surface area contributed by atoms with E-state index in [4.69, 9.17) is 0 Å². The molecule has 0 aromatic carbocycles. The summed E-state index contributed by atoms with van der Waals surface area (Å²) in [4.78, 5) is 0. The van der Waals surface area contributed by atoms with Crippen molar-refractivity contribution in [3.05, 3.63) is 0 Å². The number of hydrogen-bond acceptors (Lipinski definition) is 6. The average molecular weight is 853 g/mol. The van der Waals surface area contributed by atoms with Gasteiger partial charge in [-0.15, -0.1) is 0 Å². The predicted molar refractivity (Wildman–Crippen MR) is 237 cm³/mol. The summed E-state index contributed by atoms with van der Waals surface area (Å²) in [5.41, 5.74) is 0. The minimum absolute atomic E-state index is 0.501. The molecule has 0 spiro atoms. The zero-order valence-electron chi connectivity index (χ0n) is 36.4. The van der Waals surface area contributed by atoms with Crippen LogP contribution < -0.4 is 0 Å². The minimum Gasteiger partial charge on any atom is -0.228 e. The quantitative estimate of drug-likeness (QED) is 0.240. The van der Waals surface area contributed by atoms with Crippen LogP contribution in [0.1, 0.15) is 270 Å². The summed E-state index contributed by atoms with van der Waals surface area (Å²) < 4.78 is 84.0. The van der Waals surface area contributed by atoms with Gasteiger partial charge in [0.1, 0.15) is 0 Å². The summed E-state index contributed by atoms with van der Waals surface area (Å²) in [6.07, 6.45) is 40.9. The molecule has 9 heteroatoms. The zero-order valence-corrected chi connectivity index (χ0v) is 38.8. The highest BCUT2D eigenvalue weighted by Gasteiger charge is 2.63. The Bertz CT molecular complexity index is 1380. The Morgan fingerprint density at radius 3 is 0.404 bits per heavy atom.